The Balaban J connectivity index is 1.73. The SMILES string of the molecule is CC1CC(N)CCN1CC(=O)NC1CCCC1. The first-order valence-electron chi connectivity index (χ1n) is 6.94. The molecule has 0 aromatic heterocycles. The van der Waals surface area contributed by atoms with Crippen molar-refractivity contribution >= 4 is 5.91 Å². The molecule has 1 amide bonds. The highest BCUT2D eigenvalue weighted by Crippen LogP contribution is 2.18. The van der Waals surface area contributed by atoms with E-state index in [1.54, 1.807) is 0 Å². The zero-order valence-corrected chi connectivity index (χ0v) is 10.8. The van der Waals surface area contributed by atoms with Gasteiger partial charge in [-0.2, -0.15) is 0 Å². The standard InChI is InChI=1S/C13H25N3O/c1-10-8-11(14)6-7-16(10)9-13(17)15-12-4-2-3-5-12/h10-12H,2-9,14H2,1H3,(H,15,17). The molecule has 1 saturated heterocycles. The van der Waals surface area contributed by atoms with Crippen LogP contribution in [0.5, 0.6) is 0 Å². The van der Waals surface area contributed by atoms with Gasteiger partial charge < -0.3 is 11.1 Å². The second kappa shape index (κ2) is 5.83. The minimum Gasteiger partial charge on any atom is -0.352 e. The lowest BCUT2D eigenvalue weighted by molar-refractivity contribution is -0.123. The normalized spacial score (nSPS) is 31.6. The third-order valence-electron chi connectivity index (χ3n) is 4.12. The number of nitrogens with one attached hydrogen (secondary N) is 1. The molecule has 1 aliphatic carbocycles. The van der Waals surface area contributed by atoms with Crippen molar-refractivity contribution < 1.29 is 4.79 Å². The number of rotatable bonds is 3. The van der Waals surface area contributed by atoms with E-state index in [0.717, 1.165) is 32.2 Å². The molecule has 17 heavy (non-hydrogen) atoms. The van der Waals surface area contributed by atoms with Gasteiger partial charge >= 0.3 is 0 Å². The van der Waals surface area contributed by atoms with Crippen molar-refractivity contribution in [3.63, 3.8) is 0 Å². The van der Waals surface area contributed by atoms with Crippen molar-refractivity contribution in [1.29, 1.82) is 0 Å². The van der Waals surface area contributed by atoms with Gasteiger partial charge in [0.2, 0.25) is 5.91 Å². The van der Waals surface area contributed by atoms with Crippen LogP contribution in [0.3, 0.4) is 0 Å². The third-order valence-corrected chi connectivity index (χ3v) is 4.12. The quantitative estimate of drug-likeness (QED) is 0.768. The Labute approximate surface area is 104 Å². The van der Waals surface area contributed by atoms with Crippen LogP contribution in [0.1, 0.15) is 45.4 Å². The predicted octanol–water partition coefficient (Wildman–Crippen LogP) is 0.857. The molecule has 4 nitrogen and oxygen atoms in total. The van der Waals surface area contributed by atoms with Crippen molar-refractivity contribution in [1.82, 2.24) is 10.2 Å². The largest absolute Gasteiger partial charge is 0.352 e. The van der Waals surface area contributed by atoms with E-state index in [1.165, 1.54) is 12.8 Å². The summed E-state index contributed by atoms with van der Waals surface area (Å²) in [6.45, 7) is 3.67. The van der Waals surface area contributed by atoms with Gasteiger partial charge in [-0.3, -0.25) is 9.69 Å². The Kier molecular flexibility index (Phi) is 4.40. The minimum atomic E-state index is 0.194. The van der Waals surface area contributed by atoms with Crippen LogP contribution in [0.2, 0.25) is 0 Å². The Morgan fingerprint density at radius 1 is 1.35 bits per heavy atom. The molecule has 1 aliphatic heterocycles. The summed E-state index contributed by atoms with van der Waals surface area (Å²) in [4.78, 5) is 14.2. The van der Waals surface area contributed by atoms with Gasteiger partial charge in [-0.1, -0.05) is 12.8 Å². The number of carbonyl (C=O) groups is 1. The van der Waals surface area contributed by atoms with Crippen LogP contribution in [0.15, 0.2) is 0 Å². The van der Waals surface area contributed by atoms with E-state index in [0.29, 0.717) is 24.7 Å². The summed E-state index contributed by atoms with van der Waals surface area (Å²) in [5.41, 5.74) is 5.92. The van der Waals surface area contributed by atoms with E-state index >= 15 is 0 Å². The summed E-state index contributed by atoms with van der Waals surface area (Å²) in [7, 11) is 0. The summed E-state index contributed by atoms with van der Waals surface area (Å²) in [6.07, 6.45) is 6.87. The van der Waals surface area contributed by atoms with Gasteiger partial charge in [0.1, 0.15) is 0 Å². The van der Waals surface area contributed by atoms with E-state index in [2.05, 4.69) is 17.1 Å². The number of likely N-dealkylation sites (tertiary alicyclic amines) is 1. The number of nitrogens with zero attached hydrogens (tertiary/aromatic N) is 1. The van der Waals surface area contributed by atoms with Crippen molar-refractivity contribution in [2.45, 2.75) is 63.6 Å². The van der Waals surface area contributed by atoms with Crippen LogP contribution >= 0.6 is 0 Å². The number of hydrogen-bond acceptors (Lipinski definition) is 3. The predicted molar refractivity (Wildman–Crippen MR) is 68.6 cm³/mol. The number of hydrogen-bond donors (Lipinski definition) is 2. The summed E-state index contributed by atoms with van der Waals surface area (Å²) >= 11 is 0. The minimum absolute atomic E-state index is 0.194. The van der Waals surface area contributed by atoms with Gasteiger partial charge in [0.25, 0.3) is 0 Å². The van der Waals surface area contributed by atoms with E-state index in [-0.39, 0.29) is 5.91 Å². The lowest BCUT2D eigenvalue weighted by Crippen LogP contribution is -2.50. The Morgan fingerprint density at radius 2 is 2.06 bits per heavy atom. The molecule has 0 aromatic carbocycles. The molecule has 2 atom stereocenters. The molecule has 2 aliphatic rings. The first-order chi connectivity index (χ1) is 8.15. The molecule has 3 N–H and O–H groups in total. The highest BCUT2D eigenvalue weighted by molar-refractivity contribution is 5.78. The van der Waals surface area contributed by atoms with Gasteiger partial charge in [0.05, 0.1) is 6.54 Å². The summed E-state index contributed by atoms with van der Waals surface area (Å²) in [5, 5.41) is 3.15. The summed E-state index contributed by atoms with van der Waals surface area (Å²) in [6, 6.07) is 1.19. The fourth-order valence-corrected chi connectivity index (χ4v) is 3.02. The van der Waals surface area contributed by atoms with E-state index in [1.807, 2.05) is 0 Å². The fraction of sp³-hybridized carbons (Fsp3) is 0.923. The van der Waals surface area contributed by atoms with Gasteiger partial charge in [0.15, 0.2) is 0 Å². The molecule has 0 spiro atoms. The molecule has 4 heteroatoms. The molecular weight excluding hydrogens is 214 g/mol. The van der Waals surface area contributed by atoms with E-state index in [9.17, 15) is 4.79 Å². The molecular formula is C13H25N3O. The fourth-order valence-electron chi connectivity index (χ4n) is 3.02. The maximum absolute atomic E-state index is 11.9. The van der Waals surface area contributed by atoms with Crippen molar-refractivity contribution in [2.75, 3.05) is 13.1 Å². The van der Waals surface area contributed by atoms with Crippen molar-refractivity contribution in [2.24, 2.45) is 5.73 Å². The smallest absolute Gasteiger partial charge is 0.234 e. The summed E-state index contributed by atoms with van der Waals surface area (Å²) in [5.74, 6) is 0.194. The van der Waals surface area contributed by atoms with Crippen LogP contribution in [0.25, 0.3) is 0 Å². The Hall–Kier alpha value is -0.610. The lowest BCUT2D eigenvalue weighted by Gasteiger charge is -2.35. The molecule has 0 aromatic rings. The van der Waals surface area contributed by atoms with Crippen LogP contribution in [0, 0.1) is 0 Å². The average Bonchev–Trinajstić information content (AvgIpc) is 2.75. The molecule has 0 bridgehead atoms. The van der Waals surface area contributed by atoms with Crippen LogP contribution < -0.4 is 11.1 Å². The van der Waals surface area contributed by atoms with Crippen LogP contribution in [-0.4, -0.2) is 42.0 Å². The van der Waals surface area contributed by atoms with Gasteiger partial charge in [-0.25, -0.2) is 0 Å². The Morgan fingerprint density at radius 3 is 2.71 bits per heavy atom. The molecule has 98 valence electrons. The average molecular weight is 239 g/mol. The van der Waals surface area contributed by atoms with Crippen molar-refractivity contribution in [3.05, 3.63) is 0 Å². The first kappa shape index (κ1) is 12.8. The molecule has 2 fully saturated rings. The second-order valence-corrected chi connectivity index (χ2v) is 5.65. The molecule has 1 saturated carbocycles. The number of carbonyl (C=O) groups excluding carboxylic acids is 1. The maximum Gasteiger partial charge on any atom is 0.234 e. The molecule has 2 unspecified atom stereocenters. The van der Waals surface area contributed by atoms with E-state index in [4.69, 9.17) is 5.73 Å². The molecule has 0 radical (unpaired) electrons. The highest BCUT2D eigenvalue weighted by atomic mass is 16.2. The second-order valence-electron chi connectivity index (χ2n) is 5.65. The van der Waals surface area contributed by atoms with Gasteiger partial charge in [0, 0.05) is 24.7 Å². The van der Waals surface area contributed by atoms with Crippen LogP contribution in [-0.2, 0) is 4.79 Å². The number of piperidine rings is 1. The maximum atomic E-state index is 11.9. The monoisotopic (exact) mass is 239 g/mol. The number of nitrogens with two attached hydrogens (primary N) is 1. The first-order valence-corrected chi connectivity index (χ1v) is 6.94. The zero-order valence-electron chi connectivity index (χ0n) is 10.8. The van der Waals surface area contributed by atoms with Crippen LogP contribution in [0.4, 0.5) is 0 Å². The zero-order chi connectivity index (χ0) is 12.3. The van der Waals surface area contributed by atoms with E-state index < -0.39 is 0 Å². The Bertz CT molecular complexity index is 263. The van der Waals surface area contributed by atoms with Crippen molar-refractivity contribution in [3.8, 4) is 0 Å². The highest BCUT2D eigenvalue weighted by Gasteiger charge is 2.25. The van der Waals surface area contributed by atoms with Gasteiger partial charge in [-0.05, 0) is 32.6 Å². The van der Waals surface area contributed by atoms with Gasteiger partial charge in [-0.15, -0.1) is 0 Å². The number of amides is 1. The topological polar surface area (TPSA) is 58.4 Å². The molecule has 1 heterocycles. The lowest BCUT2D eigenvalue weighted by atomic mass is 9.99. The summed E-state index contributed by atoms with van der Waals surface area (Å²) < 4.78 is 0. The molecule has 2 rings (SSSR count). The third kappa shape index (κ3) is 3.68.